The highest BCUT2D eigenvalue weighted by Crippen LogP contribution is 2.19. The van der Waals surface area contributed by atoms with Crippen molar-refractivity contribution in [2.75, 3.05) is 4.72 Å². The second-order valence-electron chi connectivity index (χ2n) is 4.56. The summed E-state index contributed by atoms with van der Waals surface area (Å²) in [7, 11) is -3.63. The molecule has 0 saturated heterocycles. The fourth-order valence-corrected chi connectivity index (χ4v) is 3.12. The van der Waals surface area contributed by atoms with Gasteiger partial charge in [-0.25, -0.2) is 13.1 Å². The SMILES string of the molecule is O=S(=O)(Nc1ccc(-n2cccn2)cc1)c1ccc(Cl)cc1. The van der Waals surface area contributed by atoms with Gasteiger partial charge in [0.2, 0.25) is 0 Å². The van der Waals surface area contributed by atoms with Crippen LogP contribution >= 0.6 is 11.6 Å². The van der Waals surface area contributed by atoms with E-state index in [0.717, 1.165) is 5.69 Å². The van der Waals surface area contributed by atoms with Crippen LogP contribution in [0.25, 0.3) is 5.69 Å². The summed E-state index contributed by atoms with van der Waals surface area (Å²) in [6.07, 6.45) is 3.49. The number of hydrogen-bond acceptors (Lipinski definition) is 3. The van der Waals surface area contributed by atoms with Crippen LogP contribution in [-0.2, 0) is 10.0 Å². The van der Waals surface area contributed by atoms with Gasteiger partial charge in [-0.15, -0.1) is 0 Å². The average molecular weight is 334 g/mol. The Labute approximate surface area is 133 Å². The Morgan fingerprint density at radius 3 is 2.27 bits per heavy atom. The molecule has 0 unspecified atom stereocenters. The standard InChI is InChI=1S/C15H12ClN3O2S/c16-12-2-8-15(9-3-12)22(20,21)18-13-4-6-14(7-5-13)19-11-1-10-17-19/h1-11,18H. The summed E-state index contributed by atoms with van der Waals surface area (Å²) >= 11 is 5.76. The third-order valence-corrected chi connectivity index (χ3v) is 4.66. The molecule has 1 N–H and O–H groups in total. The van der Waals surface area contributed by atoms with E-state index in [9.17, 15) is 8.42 Å². The smallest absolute Gasteiger partial charge is 0.261 e. The number of halogens is 1. The Morgan fingerprint density at radius 2 is 1.68 bits per heavy atom. The number of rotatable bonds is 4. The third-order valence-electron chi connectivity index (χ3n) is 3.01. The fourth-order valence-electron chi connectivity index (χ4n) is 1.93. The van der Waals surface area contributed by atoms with Gasteiger partial charge in [-0.3, -0.25) is 4.72 Å². The quantitative estimate of drug-likeness (QED) is 0.796. The lowest BCUT2D eigenvalue weighted by Crippen LogP contribution is -2.12. The molecule has 22 heavy (non-hydrogen) atoms. The molecular weight excluding hydrogens is 322 g/mol. The number of hydrogen-bond donors (Lipinski definition) is 1. The number of nitrogens with zero attached hydrogens (tertiary/aromatic N) is 2. The molecule has 5 nitrogen and oxygen atoms in total. The van der Waals surface area contributed by atoms with Crippen LogP contribution in [-0.4, -0.2) is 18.2 Å². The molecule has 0 saturated carbocycles. The zero-order chi connectivity index (χ0) is 15.6. The lowest BCUT2D eigenvalue weighted by molar-refractivity contribution is 0.601. The summed E-state index contributed by atoms with van der Waals surface area (Å²) in [5, 5.41) is 4.60. The van der Waals surface area contributed by atoms with Crippen LogP contribution in [0.5, 0.6) is 0 Å². The van der Waals surface area contributed by atoms with Crippen molar-refractivity contribution in [2.24, 2.45) is 0 Å². The number of benzene rings is 2. The lowest BCUT2D eigenvalue weighted by Gasteiger charge is -2.09. The average Bonchev–Trinajstić information content (AvgIpc) is 3.02. The van der Waals surface area contributed by atoms with Gasteiger partial charge in [0.25, 0.3) is 10.0 Å². The summed E-state index contributed by atoms with van der Waals surface area (Å²) in [6, 6.07) is 14.8. The molecule has 0 atom stereocenters. The second-order valence-corrected chi connectivity index (χ2v) is 6.68. The molecule has 0 amide bonds. The van der Waals surface area contributed by atoms with Gasteiger partial charge in [0.05, 0.1) is 10.6 Å². The van der Waals surface area contributed by atoms with Gasteiger partial charge in [0, 0.05) is 23.1 Å². The molecule has 1 aromatic heterocycles. The maximum absolute atomic E-state index is 12.3. The summed E-state index contributed by atoms with van der Waals surface area (Å²) in [5.74, 6) is 0. The normalized spacial score (nSPS) is 11.3. The molecule has 0 spiro atoms. The van der Waals surface area contributed by atoms with E-state index in [-0.39, 0.29) is 4.90 Å². The minimum absolute atomic E-state index is 0.160. The van der Waals surface area contributed by atoms with Crippen molar-refractivity contribution in [3.05, 3.63) is 72.0 Å². The first-order valence-electron chi connectivity index (χ1n) is 6.43. The Balaban J connectivity index is 1.82. The molecule has 0 aliphatic rings. The van der Waals surface area contributed by atoms with Gasteiger partial charge < -0.3 is 0 Å². The first-order valence-corrected chi connectivity index (χ1v) is 8.29. The Kier molecular flexibility index (Phi) is 3.87. The van der Waals surface area contributed by atoms with Crippen LogP contribution in [0.4, 0.5) is 5.69 Å². The largest absolute Gasteiger partial charge is 0.280 e. The predicted octanol–water partition coefficient (Wildman–Crippen LogP) is 3.33. The minimum atomic E-state index is -3.63. The van der Waals surface area contributed by atoms with Crippen molar-refractivity contribution in [1.29, 1.82) is 0 Å². The van der Waals surface area contributed by atoms with E-state index < -0.39 is 10.0 Å². The van der Waals surface area contributed by atoms with Gasteiger partial charge in [0.15, 0.2) is 0 Å². The highest BCUT2D eigenvalue weighted by molar-refractivity contribution is 7.92. The van der Waals surface area contributed by atoms with Crippen molar-refractivity contribution < 1.29 is 8.42 Å². The maximum Gasteiger partial charge on any atom is 0.261 e. The zero-order valence-electron chi connectivity index (χ0n) is 11.3. The van der Waals surface area contributed by atoms with Crippen LogP contribution < -0.4 is 4.72 Å². The molecule has 3 aromatic rings. The molecule has 0 bridgehead atoms. The first kappa shape index (κ1) is 14.6. The highest BCUT2D eigenvalue weighted by atomic mass is 35.5. The third kappa shape index (κ3) is 3.13. The molecule has 1 heterocycles. The number of nitrogens with one attached hydrogen (secondary N) is 1. The van der Waals surface area contributed by atoms with Gasteiger partial charge in [-0.1, -0.05) is 11.6 Å². The molecular formula is C15H12ClN3O2S. The lowest BCUT2D eigenvalue weighted by atomic mass is 10.3. The molecule has 7 heteroatoms. The van der Waals surface area contributed by atoms with Crippen molar-refractivity contribution >= 4 is 27.3 Å². The fraction of sp³-hybridized carbons (Fsp3) is 0. The molecule has 0 fully saturated rings. The summed E-state index contributed by atoms with van der Waals surface area (Å²) < 4.78 is 28.7. The topological polar surface area (TPSA) is 64.0 Å². The summed E-state index contributed by atoms with van der Waals surface area (Å²) in [6.45, 7) is 0. The Hall–Kier alpha value is -2.31. The summed E-state index contributed by atoms with van der Waals surface area (Å²) in [4.78, 5) is 0.160. The number of anilines is 1. The van der Waals surface area contributed by atoms with E-state index in [2.05, 4.69) is 9.82 Å². The van der Waals surface area contributed by atoms with Crippen LogP contribution in [0.3, 0.4) is 0 Å². The molecule has 112 valence electrons. The van der Waals surface area contributed by atoms with E-state index in [1.54, 1.807) is 35.1 Å². The van der Waals surface area contributed by atoms with Crippen LogP contribution in [0.1, 0.15) is 0 Å². The highest BCUT2D eigenvalue weighted by Gasteiger charge is 2.13. The van der Waals surface area contributed by atoms with Gasteiger partial charge >= 0.3 is 0 Å². The molecule has 3 rings (SSSR count). The van der Waals surface area contributed by atoms with E-state index in [0.29, 0.717) is 10.7 Å². The van der Waals surface area contributed by atoms with E-state index in [1.807, 2.05) is 12.3 Å². The van der Waals surface area contributed by atoms with Crippen molar-refractivity contribution in [2.45, 2.75) is 4.90 Å². The Bertz CT molecular complexity index is 858. The number of aromatic nitrogens is 2. The zero-order valence-corrected chi connectivity index (χ0v) is 12.9. The molecule has 0 radical (unpaired) electrons. The minimum Gasteiger partial charge on any atom is -0.280 e. The van der Waals surface area contributed by atoms with Crippen molar-refractivity contribution in [3.8, 4) is 5.69 Å². The molecule has 2 aromatic carbocycles. The van der Waals surface area contributed by atoms with Crippen molar-refractivity contribution in [3.63, 3.8) is 0 Å². The summed E-state index contributed by atoms with van der Waals surface area (Å²) in [5.41, 5.74) is 1.32. The second kappa shape index (κ2) is 5.82. The van der Waals surface area contributed by atoms with Crippen molar-refractivity contribution in [1.82, 2.24) is 9.78 Å². The van der Waals surface area contributed by atoms with E-state index in [1.165, 1.54) is 24.3 Å². The van der Waals surface area contributed by atoms with Crippen LogP contribution in [0, 0.1) is 0 Å². The van der Waals surface area contributed by atoms with Gasteiger partial charge in [0.1, 0.15) is 0 Å². The molecule has 0 aliphatic heterocycles. The monoisotopic (exact) mass is 333 g/mol. The number of sulfonamides is 1. The van der Waals surface area contributed by atoms with Gasteiger partial charge in [-0.2, -0.15) is 5.10 Å². The van der Waals surface area contributed by atoms with Gasteiger partial charge in [-0.05, 0) is 54.6 Å². The van der Waals surface area contributed by atoms with Crippen LogP contribution in [0.2, 0.25) is 5.02 Å². The maximum atomic E-state index is 12.3. The molecule has 0 aliphatic carbocycles. The first-order chi connectivity index (χ1) is 10.5. The van der Waals surface area contributed by atoms with E-state index in [4.69, 9.17) is 11.6 Å². The predicted molar refractivity (Wildman–Crippen MR) is 85.8 cm³/mol. The Morgan fingerprint density at radius 1 is 1.00 bits per heavy atom. The van der Waals surface area contributed by atoms with Crippen LogP contribution in [0.15, 0.2) is 71.9 Å². The van der Waals surface area contributed by atoms with E-state index >= 15 is 0 Å².